The number of hydrogen-bond donors (Lipinski definition) is 1. The number of sulfonamides is 1. The van der Waals surface area contributed by atoms with Crippen molar-refractivity contribution in [3.05, 3.63) is 83.9 Å². The average molecular weight is 449 g/mol. The molecular formula is C26H28N2O3S. The zero-order chi connectivity index (χ0) is 22.9. The average Bonchev–Trinajstić information content (AvgIpc) is 2.80. The third-order valence-electron chi connectivity index (χ3n) is 5.96. The summed E-state index contributed by atoms with van der Waals surface area (Å²) in [6, 6.07) is 22.7. The molecule has 0 saturated heterocycles. The van der Waals surface area contributed by atoms with Gasteiger partial charge in [0.05, 0.1) is 10.6 Å². The molecule has 1 aliphatic heterocycles. The molecule has 32 heavy (non-hydrogen) atoms. The number of nitrogens with zero attached hydrogens (tertiary/aromatic N) is 1. The Labute approximate surface area is 190 Å². The van der Waals surface area contributed by atoms with Crippen LogP contribution < -0.4 is 9.62 Å². The molecule has 1 N–H and O–H groups in total. The molecule has 1 atom stereocenters. The van der Waals surface area contributed by atoms with E-state index < -0.39 is 10.0 Å². The normalized spacial score (nSPS) is 15.1. The molecule has 4 rings (SSSR count). The lowest BCUT2D eigenvalue weighted by molar-refractivity contribution is -0.119. The number of fused-ring (bicyclic) bond motifs is 3. The largest absolute Gasteiger partial charge is 0.354 e. The van der Waals surface area contributed by atoms with Crippen LogP contribution in [0.25, 0.3) is 11.1 Å². The summed E-state index contributed by atoms with van der Waals surface area (Å²) in [6.45, 7) is 6.42. The van der Waals surface area contributed by atoms with E-state index in [1.807, 2.05) is 67.6 Å². The van der Waals surface area contributed by atoms with Crippen molar-refractivity contribution in [2.45, 2.75) is 37.5 Å². The van der Waals surface area contributed by atoms with Crippen LogP contribution in [0.1, 0.15) is 43.7 Å². The highest BCUT2D eigenvalue weighted by Crippen LogP contribution is 2.43. The van der Waals surface area contributed by atoms with Crippen molar-refractivity contribution in [3.63, 3.8) is 0 Å². The van der Waals surface area contributed by atoms with Gasteiger partial charge in [-0.2, -0.15) is 0 Å². The molecule has 3 aromatic rings. The maximum absolute atomic E-state index is 13.4. The fourth-order valence-electron chi connectivity index (χ4n) is 4.03. The first-order valence-corrected chi connectivity index (χ1v) is 12.3. The van der Waals surface area contributed by atoms with Crippen molar-refractivity contribution in [3.8, 4) is 11.1 Å². The lowest BCUT2D eigenvalue weighted by atomic mass is 9.95. The molecular weight excluding hydrogens is 420 g/mol. The van der Waals surface area contributed by atoms with Gasteiger partial charge in [-0.15, -0.1) is 0 Å². The predicted octanol–water partition coefficient (Wildman–Crippen LogP) is 4.91. The number of anilines is 1. The van der Waals surface area contributed by atoms with E-state index in [9.17, 15) is 13.2 Å². The van der Waals surface area contributed by atoms with Gasteiger partial charge in [-0.1, -0.05) is 75.4 Å². The van der Waals surface area contributed by atoms with Crippen LogP contribution in [-0.2, 0) is 14.8 Å². The van der Waals surface area contributed by atoms with Crippen LogP contribution in [0.15, 0.2) is 77.7 Å². The first kappa shape index (κ1) is 22.1. The fourth-order valence-corrected chi connectivity index (χ4v) is 5.68. The van der Waals surface area contributed by atoms with Crippen LogP contribution in [0.5, 0.6) is 0 Å². The standard InChI is InChI=1S/C26H28N2O3S/c1-18(2)21-13-14-24-23(15-21)22-11-7-8-12-25(22)32(30,31)28(24)17-26(29)27-16-19(3)20-9-5-4-6-10-20/h4-15,18-19H,16-17H2,1-3H3,(H,27,29)/t19-/m0/s1. The Balaban J connectivity index is 1.62. The van der Waals surface area contributed by atoms with E-state index in [0.717, 1.165) is 16.7 Å². The van der Waals surface area contributed by atoms with E-state index in [2.05, 4.69) is 19.2 Å². The number of amides is 1. The minimum atomic E-state index is -3.84. The van der Waals surface area contributed by atoms with E-state index in [4.69, 9.17) is 0 Å². The Hall–Kier alpha value is -3.12. The van der Waals surface area contributed by atoms with Crippen molar-refractivity contribution in [1.82, 2.24) is 5.32 Å². The minimum Gasteiger partial charge on any atom is -0.354 e. The molecule has 0 fully saturated rings. The zero-order valence-electron chi connectivity index (χ0n) is 18.6. The number of benzene rings is 3. The van der Waals surface area contributed by atoms with E-state index in [-0.39, 0.29) is 23.3 Å². The Bertz CT molecular complexity index is 1240. The molecule has 0 bridgehead atoms. The predicted molar refractivity (Wildman–Crippen MR) is 128 cm³/mol. The van der Waals surface area contributed by atoms with Crippen molar-refractivity contribution in [2.24, 2.45) is 0 Å². The molecule has 166 valence electrons. The molecule has 0 spiro atoms. The van der Waals surface area contributed by atoms with Gasteiger partial charge in [0.1, 0.15) is 6.54 Å². The molecule has 1 amide bonds. The molecule has 5 nitrogen and oxygen atoms in total. The smallest absolute Gasteiger partial charge is 0.265 e. The van der Waals surface area contributed by atoms with E-state index in [1.54, 1.807) is 12.1 Å². The van der Waals surface area contributed by atoms with Crippen LogP contribution >= 0.6 is 0 Å². The molecule has 0 unspecified atom stereocenters. The van der Waals surface area contributed by atoms with Gasteiger partial charge in [0.2, 0.25) is 5.91 Å². The van der Waals surface area contributed by atoms with Gasteiger partial charge in [0, 0.05) is 17.7 Å². The molecule has 0 radical (unpaired) electrons. The van der Waals surface area contributed by atoms with Crippen molar-refractivity contribution in [1.29, 1.82) is 0 Å². The van der Waals surface area contributed by atoms with Gasteiger partial charge in [-0.3, -0.25) is 9.10 Å². The molecule has 1 aliphatic rings. The van der Waals surface area contributed by atoms with Gasteiger partial charge in [-0.05, 0) is 41.2 Å². The van der Waals surface area contributed by atoms with Crippen molar-refractivity contribution >= 4 is 21.6 Å². The molecule has 3 aromatic carbocycles. The molecule has 6 heteroatoms. The second-order valence-electron chi connectivity index (χ2n) is 8.55. The minimum absolute atomic E-state index is 0.125. The first-order valence-electron chi connectivity index (χ1n) is 10.9. The SMILES string of the molecule is CC(C)c1ccc2c(c1)-c1ccccc1S(=O)(=O)N2CC(=O)NC[C@H](C)c1ccccc1. The number of carbonyl (C=O) groups excluding carboxylic acids is 1. The number of rotatable bonds is 6. The van der Waals surface area contributed by atoms with Crippen molar-refractivity contribution in [2.75, 3.05) is 17.4 Å². The van der Waals surface area contributed by atoms with Gasteiger partial charge >= 0.3 is 0 Å². The zero-order valence-corrected chi connectivity index (χ0v) is 19.4. The monoisotopic (exact) mass is 448 g/mol. The summed E-state index contributed by atoms with van der Waals surface area (Å²) in [5, 5.41) is 2.91. The second-order valence-corrected chi connectivity index (χ2v) is 10.4. The Morgan fingerprint density at radius 1 is 0.875 bits per heavy atom. The summed E-state index contributed by atoms with van der Waals surface area (Å²) < 4.78 is 28.1. The van der Waals surface area contributed by atoms with Crippen LogP contribution in [0, 0.1) is 0 Å². The highest BCUT2D eigenvalue weighted by molar-refractivity contribution is 7.93. The lowest BCUT2D eigenvalue weighted by Crippen LogP contribution is -2.43. The first-order chi connectivity index (χ1) is 15.3. The van der Waals surface area contributed by atoms with Gasteiger partial charge in [0.25, 0.3) is 10.0 Å². The van der Waals surface area contributed by atoms with E-state index >= 15 is 0 Å². The van der Waals surface area contributed by atoms with Crippen LogP contribution in [0.4, 0.5) is 5.69 Å². The van der Waals surface area contributed by atoms with E-state index in [1.165, 1.54) is 4.31 Å². The third kappa shape index (κ3) is 4.15. The number of carbonyl (C=O) groups is 1. The maximum Gasteiger partial charge on any atom is 0.265 e. The number of nitrogens with one attached hydrogen (secondary N) is 1. The summed E-state index contributed by atoms with van der Waals surface area (Å²) in [7, 11) is -3.84. The van der Waals surface area contributed by atoms with Crippen LogP contribution in [-0.4, -0.2) is 27.4 Å². The lowest BCUT2D eigenvalue weighted by Gasteiger charge is -2.32. The summed E-state index contributed by atoms with van der Waals surface area (Å²) in [5.74, 6) is 0.108. The summed E-state index contributed by atoms with van der Waals surface area (Å²) in [5.41, 5.74) is 4.31. The van der Waals surface area contributed by atoms with Gasteiger partial charge < -0.3 is 5.32 Å². The van der Waals surface area contributed by atoms with Crippen LogP contribution in [0.3, 0.4) is 0 Å². The Morgan fingerprint density at radius 3 is 2.28 bits per heavy atom. The van der Waals surface area contributed by atoms with Crippen LogP contribution in [0.2, 0.25) is 0 Å². The second kappa shape index (κ2) is 8.79. The van der Waals surface area contributed by atoms with Gasteiger partial charge in [-0.25, -0.2) is 8.42 Å². The Kier molecular flexibility index (Phi) is 6.07. The topological polar surface area (TPSA) is 66.5 Å². The number of hydrogen-bond acceptors (Lipinski definition) is 3. The molecule has 0 saturated carbocycles. The molecule has 1 heterocycles. The molecule has 0 aromatic heterocycles. The highest BCUT2D eigenvalue weighted by atomic mass is 32.2. The molecule has 0 aliphatic carbocycles. The highest BCUT2D eigenvalue weighted by Gasteiger charge is 2.36. The third-order valence-corrected chi connectivity index (χ3v) is 7.78. The summed E-state index contributed by atoms with van der Waals surface area (Å²) >= 11 is 0. The van der Waals surface area contributed by atoms with Crippen molar-refractivity contribution < 1.29 is 13.2 Å². The summed E-state index contributed by atoms with van der Waals surface area (Å²) in [4.78, 5) is 13.0. The quantitative estimate of drug-likeness (QED) is 0.583. The van der Waals surface area contributed by atoms with Gasteiger partial charge in [0.15, 0.2) is 0 Å². The fraction of sp³-hybridized carbons (Fsp3) is 0.269. The Morgan fingerprint density at radius 2 is 1.56 bits per heavy atom. The maximum atomic E-state index is 13.4. The van der Waals surface area contributed by atoms with E-state index in [0.29, 0.717) is 23.7 Å². The summed E-state index contributed by atoms with van der Waals surface area (Å²) in [6.07, 6.45) is 0.